The summed E-state index contributed by atoms with van der Waals surface area (Å²) in [6.07, 6.45) is -10.3. The van der Waals surface area contributed by atoms with Crippen molar-refractivity contribution < 1.29 is 46.2 Å². The summed E-state index contributed by atoms with van der Waals surface area (Å²) in [5.74, 6) is -1.20. The molecule has 2 aromatic rings. The number of ketones is 1. The van der Waals surface area contributed by atoms with Crippen molar-refractivity contribution in [3.8, 4) is 11.5 Å². The topological polar surface area (TPSA) is 94.5 Å². The quantitative estimate of drug-likeness (QED) is 0.317. The summed E-state index contributed by atoms with van der Waals surface area (Å²) >= 11 is 11.3. The Bertz CT molecular complexity index is 1260. The zero-order chi connectivity index (χ0) is 28.5. The third-order valence-corrected chi connectivity index (χ3v) is 8.47. The van der Waals surface area contributed by atoms with Crippen LogP contribution in [0, 0.1) is 13.8 Å². The Morgan fingerprint density at radius 2 is 1.62 bits per heavy atom. The molecule has 0 unspecified atom stereocenters. The van der Waals surface area contributed by atoms with E-state index >= 15 is 4.39 Å². The molecular formula is C25H24ClF3NO7PS. The molecule has 39 heavy (non-hydrogen) atoms. The molecule has 210 valence electrons. The van der Waals surface area contributed by atoms with Gasteiger partial charge in [0.2, 0.25) is 5.91 Å². The molecule has 0 aromatic heterocycles. The van der Waals surface area contributed by atoms with E-state index in [2.05, 4.69) is 0 Å². The van der Waals surface area contributed by atoms with Gasteiger partial charge >= 0.3 is 6.72 Å². The number of aliphatic hydroxyl groups excluding tert-OH is 1. The van der Waals surface area contributed by atoms with Gasteiger partial charge in [0.25, 0.3) is 6.43 Å². The fourth-order valence-corrected chi connectivity index (χ4v) is 5.97. The highest BCUT2D eigenvalue weighted by atomic mass is 35.5. The van der Waals surface area contributed by atoms with E-state index in [-0.39, 0.29) is 11.5 Å². The average Bonchev–Trinajstić information content (AvgIpc) is 3.14. The number of carbonyl (C=O) groups is 2. The molecule has 1 amide bonds. The van der Waals surface area contributed by atoms with Gasteiger partial charge in [-0.3, -0.25) is 19.0 Å². The van der Waals surface area contributed by atoms with Crippen molar-refractivity contribution >= 4 is 41.8 Å². The Morgan fingerprint density at radius 3 is 2.10 bits per heavy atom. The molecule has 1 saturated heterocycles. The molecule has 0 aliphatic carbocycles. The van der Waals surface area contributed by atoms with Crippen molar-refractivity contribution in [2.75, 3.05) is 6.61 Å². The number of hydrogen-bond donors (Lipinski definition) is 1. The second-order valence-corrected chi connectivity index (χ2v) is 12.3. The average molecular weight is 606 g/mol. The minimum absolute atomic E-state index is 0.215. The number of hydrogen-bond acceptors (Lipinski definition) is 8. The molecule has 14 heteroatoms. The van der Waals surface area contributed by atoms with Crippen LogP contribution in [0.1, 0.15) is 17.5 Å². The van der Waals surface area contributed by atoms with Crippen LogP contribution in [0.25, 0.3) is 0 Å². The monoisotopic (exact) mass is 605 g/mol. The van der Waals surface area contributed by atoms with E-state index in [4.69, 9.17) is 41.7 Å². The van der Waals surface area contributed by atoms with Gasteiger partial charge < -0.3 is 18.9 Å². The summed E-state index contributed by atoms with van der Waals surface area (Å²) in [6.45, 7) is -1.46. The fourth-order valence-electron chi connectivity index (χ4n) is 3.87. The number of Topliss-reactive ketones (excluding diaryl/α,β-unsaturated/α-hetero) is 1. The number of aryl methyl sites for hydroxylation is 2. The molecular weight excluding hydrogens is 582 g/mol. The first-order chi connectivity index (χ1) is 18.3. The summed E-state index contributed by atoms with van der Waals surface area (Å²) in [5, 5.41) is 10.1. The summed E-state index contributed by atoms with van der Waals surface area (Å²) < 4.78 is 66.8. The maximum Gasteiger partial charge on any atom is 0.435 e. The predicted molar refractivity (Wildman–Crippen MR) is 139 cm³/mol. The van der Waals surface area contributed by atoms with E-state index in [0.29, 0.717) is 4.90 Å². The van der Waals surface area contributed by atoms with Crippen LogP contribution in [0.3, 0.4) is 0 Å². The first-order valence-electron chi connectivity index (χ1n) is 11.6. The summed E-state index contributed by atoms with van der Waals surface area (Å²) in [5.41, 5.74) is -1.24. The molecule has 0 spiro atoms. The molecule has 0 saturated carbocycles. The van der Waals surface area contributed by atoms with Gasteiger partial charge in [-0.15, -0.1) is 0 Å². The summed E-state index contributed by atoms with van der Waals surface area (Å²) in [4.78, 5) is 24.7. The standard InChI is InChI=1S/C25H24ClF3NO7PS/c1-14-3-7-16(8-4-14)36-38(39,37-17-9-5-15(2)6-10-17)34-13-25(24(28)29)22(27)21(33)23(35-25)30-12-18(26)19(31)11-20(30)32/h3-10,12,21-24,33H,11,13H2,1-2H3/t21-,22-,23-,25-/m1/s1. The molecule has 2 aliphatic rings. The van der Waals surface area contributed by atoms with Crippen LogP contribution in [0.2, 0.25) is 0 Å². The maximum atomic E-state index is 15.4. The van der Waals surface area contributed by atoms with Crippen LogP contribution < -0.4 is 9.05 Å². The lowest BCUT2D eigenvalue weighted by atomic mass is 9.98. The first kappa shape index (κ1) is 29.5. The lowest BCUT2D eigenvalue weighted by Gasteiger charge is -2.33. The van der Waals surface area contributed by atoms with Crippen LogP contribution in [-0.2, 0) is 30.7 Å². The molecule has 0 radical (unpaired) electrons. The number of halogens is 4. The third kappa shape index (κ3) is 6.32. The minimum Gasteiger partial charge on any atom is -0.416 e. The first-order valence-corrected chi connectivity index (χ1v) is 14.5. The van der Waals surface area contributed by atoms with Crippen LogP contribution in [0.5, 0.6) is 11.5 Å². The number of carbonyl (C=O) groups excluding carboxylic acids is 2. The Kier molecular flexibility index (Phi) is 8.75. The molecule has 2 heterocycles. The second kappa shape index (κ2) is 11.6. The van der Waals surface area contributed by atoms with Crippen molar-refractivity contribution in [3.63, 3.8) is 0 Å². The van der Waals surface area contributed by atoms with E-state index in [1.165, 1.54) is 0 Å². The van der Waals surface area contributed by atoms with Crippen molar-refractivity contribution in [1.82, 2.24) is 4.90 Å². The zero-order valence-electron chi connectivity index (χ0n) is 20.6. The number of alkyl halides is 3. The number of aliphatic hydroxyl groups is 1. The van der Waals surface area contributed by atoms with Crippen LogP contribution in [0.15, 0.2) is 59.8 Å². The molecule has 8 nitrogen and oxygen atoms in total. The highest BCUT2D eigenvalue weighted by Crippen LogP contribution is 2.52. The number of allylic oxidation sites excluding steroid dienone is 1. The Morgan fingerprint density at radius 1 is 1.10 bits per heavy atom. The van der Waals surface area contributed by atoms with Crippen molar-refractivity contribution in [2.24, 2.45) is 0 Å². The number of nitrogens with zero attached hydrogens (tertiary/aromatic N) is 1. The van der Waals surface area contributed by atoms with Gasteiger partial charge in [-0.05, 0) is 38.1 Å². The summed E-state index contributed by atoms with van der Waals surface area (Å²) in [6, 6.07) is 13.2. The van der Waals surface area contributed by atoms with Gasteiger partial charge in [0, 0.05) is 18.0 Å². The van der Waals surface area contributed by atoms with E-state index < -0.39 is 67.0 Å². The number of rotatable bonds is 9. The molecule has 0 bridgehead atoms. The fraction of sp³-hybridized carbons (Fsp3) is 0.360. The molecule has 2 aliphatic heterocycles. The molecule has 4 atom stereocenters. The molecule has 1 N–H and O–H groups in total. The zero-order valence-corrected chi connectivity index (χ0v) is 23.1. The summed E-state index contributed by atoms with van der Waals surface area (Å²) in [7, 11) is 0. The smallest absolute Gasteiger partial charge is 0.416 e. The van der Waals surface area contributed by atoms with E-state index in [1.54, 1.807) is 48.5 Å². The molecule has 1 fully saturated rings. The predicted octanol–water partition coefficient (Wildman–Crippen LogP) is 4.94. The SMILES string of the molecule is Cc1ccc(OP(=S)(OC[C@@]2(C(F)F)O[C@@H](N3C=C(Cl)C(=O)CC3=O)[C@H](O)[C@H]2F)Oc2ccc(C)cc2)cc1. The lowest BCUT2D eigenvalue weighted by Crippen LogP contribution is -2.50. The van der Waals surface area contributed by atoms with Gasteiger partial charge in [-0.2, -0.15) is 0 Å². The van der Waals surface area contributed by atoms with E-state index in [1.807, 2.05) is 13.8 Å². The second-order valence-electron chi connectivity index (χ2n) is 9.06. The highest BCUT2D eigenvalue weighted by molar-refractivity contribution is 8.07. The Labute approximate surface area is 232 Å². The molecule has 4 rings (SSSR count). The van der Waals surface area contributed by atoms with Crippen molar-refractivity contribution in [1.29, 1.82) is 0 Å². The molecule has 2 aromatic carbocycles. The van der Waals surface area contributed by atoms with Gasteiger partial charge in [0.1, 0.15) is 22.6 Å². The van der Waals surface area contributed by atoms with Crippen LogP contribution in [0.4, 0.5) is 13.2 Å². The Hall–Kier alpha value is -2.47. The van der Waals surface area contributed by atoms with Gasteiger partial charge in [0.05, 0.1) is 13.0 Å². The minimum atomic E-state index is -3.94. The Balaban J connectivity index is 1.62. The highest BCUT2D eigenvalue weighted by Gasteiger charge is 2.64. The third-order valence-electron chi connectivity index (χ3n) is 6.09. The maximum absolute atomic E-state index is 15.4. The normalized spacial score (nSPS) is 25.7. The van der Waals surface area contributed by atoms with Crippen LogP contribution in [-0.4, -0.2) is 58.8 Å². The number of benzene rings is 2. The number of amides is 1. The lowest BCUT2D eigenvalue weighted by molar-refractivity contribution is -0.193. The largest absolute Gasteiger partial charge is 0.435 e. The van der Waals surface area contributed by atoms with Crippen molar-refractivity contribution in [3.05, 3.63) is 70.9 Å². The van der Waals surface area contributed by atoms with Crippen molar-refractivity contribution in [2.45, 2.75) is 50.8 Å². The van der Waals surface area contributed by atoms with Gasteiger partial charge in [-0.1, -0.05) is 47.0 Å². The van der Waals surface area contributed by atoms with E-state index in [9.17, 15) is 23.5 Å². The van der Waals surface area contributed by atoms with Gasteiger partial charge in [-0.25, -0.2) is 13.2 Å². The number of ether oxygens (including phenoxy) is 1. The van der Waals surface area contributed by atoms with Gasteiger partial charge in [0.15, 0.2) is 23.8 Å². The van der Waals surface area contributed by atoms with E-state index in [0.717, 1.165) is 17.3 Å². The van der Waals surface area contributed by atoms with Crippen LogP contribution >= 0.6 is 18.3 Å².